The minimum Gasteiger partial charge on any atom is -0.0985 e. The number of hydrogen-bond acceptors (Lipinski definition) is 0. The van der Waals surface area contributed by atoms with Crippen LogP contribution in [0.3, 0.4) is 0 Å². The van der Waals surface area contributed by atoms with Crippen LogP contribution in [0.2, 0.25) is 0 Å². The van der Waals surface area contributed by atoms with Gasteiger partial charge in [0.15, 0.2) is 0 Å². The maximum Gasteiger partial charge on any atom is 0.0846 e. The Hall–Kier alpha value is -1.39. The molecule has 0 fully saturated rings. The molecular formula is C20H26P+. The Kier molecular flexibility index (Phi) is 5.76. The molecule has 21 heavy (non-hydrogen) atoms. The van der Waals surface area contributed by atoms with Gasteiger partial charge in [0.05, 0.1) is 24.6 Å². The van der Waals surface area contributed by atoms with Crippen LogP contribution in [0.15, 0.2) is 61.2 Å². The lowest BCUT2D eigenvalue weighted by Crippen LogP contribution is -2.06. The molecule has 0 aliphatic carbocycles. The van der Waals surface area contributed by atoms with Crippen LogP contribution < -0.4 is 0 Å². The van der Waals surface area contributed by atoms with Gasteiger partial charge < -0.3 is 0 Å². The fourth-order valence-electron chi connectivity index (χ4n) is 2.84. The highest BCUT2D eigenvalue weighted by Gasteiger charge is 2.33. The fourth-order valence-corrected chi connectivity index (χ4v) is 6.27. The van der Waals surface area contributed by atoms with Crippen molar-refractivity contribution in [2.45, 2.75) is 26.2 Å². The van der Waals surface area contributed by atoms with Crippen molar-refractivity contribution in [1.82, 2.24) is 0 Å². The Morgan fingerprint density at radius 3 is 1.81 bits per heavy atom. The lowest BCUT2D eigenvalue weighted by molar-refractivity contribution is 1.20. The molecule has 0 spiro atoms. The first-order chi connectivity index (χ1) is 10.2. The van der Waals surface area contributed by atoms with Gasteiger partial charge in [-0.3, -0.25) is 0 Å². The van der Waals surface area contributed by atoms with Crippen LogP contribution in [0.1, 0.15) is 30.5 Å². The van der Waals surface area contributed by atoms with Crippen molar-refractivity contribution in [1.29, 1.82) is 0 Å². The summed E-state index contributed by atoms with van der Waals surface area (Å²) in [7, 11) is -0.951. The lowest BCUT2D eigenvalue weighted by Gasteiger charge is -2.25. The third kappa shape index (κ3) is 4.29. The molecule has 2 rings (SSSR count). The molecule has 0 aromatic heterocycles. The molecule has 0 radical (unpaired) electrons. The van der Waals surface area contributed by atoms with E-state index in [2.05, 4.69) is 75.0 Å². The minimum atomic E-state index is -0.951. The standard InChI is InChI=1S/C20H26P/c1-4-18-12-14-20(15-13-18)17-21(5-2,6-3)16-19-10-8-7-9-11-19/h4,7-15H,1,5-6,16-17H2,2-3H3/q+1. The van der Waals surface area contributed by atoms with E-state index in [1.54, 1.807) is 0 Å². The van der Waals surface area contributed by atoms with E-state index in [0.717, 1.165) is 0 Å². The van der Waals surface area contributed by atoms with Crippen LogP contribution in [0, 0.1) is 0 Å². The maximum atomic E-state index is 3.83. The highest BCUT2D eigenvalue weighted by molar-refractivity contribution is 7.74. The third-order valence-corrected chi connectivity index (χ3v) is 9.19. The van der Waals surface area contributed by atoms with Crippen LogP contribution in [0.4, 0.5) is 0 Å². The molecule has 0 amide bonds. The van der Waals surface area contributed by atoms with Crippen LogP contribution >= 0.6 is 7.26 Å². The van der Waals surface area contributed by atoms with Gasteiger partial charge in [-0.2, -0.15) is 0 Å². The van der Waals surface area contributed by atoms with Crippen molar-refractivity contribution in [3.05, 3.63) is 77.9 Å². The first kappa shape index (κ1) is 16.0. The SMILES string of the molecule is C=Cc1ccc(C[P+](CC)(CC)Cc2ccccc2)cc1. The maximum absolute atomic E-state index is 3.83. The smallest absolute Gasteiger partial charge is 0.0846 e. The Morgan fingerprint density at radius 1 is 0.810 bits per heavy atom. The van der Waals surface area contributed by atoms with E-state index < -0.39 is 7.26 Å². The number of benzene rings is 2. The first-order valence-electron chi connectivity index (χ1n) is 7.82. The van der Waals surface area contributed by atoms with Gasteiger partial charge in [-0.15, -0.1) is 0 Å². The Labute approximate surface area is 130 Å². The molecule has 0 saturated carbocycles. The minimum absolute atomic E-state index is 0.951. The van der Waals surface area contributed by atoms with Crippen molar-refractivity contribution < 1.29 is 0 Å². The summed E-state index contributed by atoms with van der Waals surface area (Å²) >= 11 is 0. The summed E-state index contributed by atoms with van der Waals surface area (Å²) in [5.41, 5.74) is 4.18. The molecular weight excluding hydrogens is 271 g/mol. The zero-order valence-corrected chi connectivity index (χ0v) is 14.2. The van der Waals surface area contributed by atoms with Crippen molar-refractivity contribution in [2.75, 3.05) is 12.3 Å². The fraction of sp³-hybridized carbons (Fsp3) is 0.300. The van der Waals surface area contributed by atoms with Crippen molar-refractivity contribution in [3.8, 4) is 0 Å². The summed E-state index contributed by atoms with van der Waals surface area (Å²) in [4.78, 5) is 0. The Morgan fingerprint density at radius 2 is 1.33 bits per heavy atom. The lowest BCUT2D eigenvalue weighted by atomic mass is 10.1. The van der Waals surface area contributed by atoms with Crippen molar-refractivity contribution in [3.63, 3.8) is 0 Å². The van der Waals surface area contributed by atoms with E-state index in [1.807, 2.05) is 6.08 Å². The van der Waals surface area contributed by atoms with Gasteiger partial charge in [0.2, 0.25) is 0 Å². The Bertz CT molecular complexity index is 550. The molecule has 1 heteroatoms. The van der Waals surface area contributed by atoms with E-state index >= 15 is 0 Å². The average Bonchev–Trinajstić information content (AvgIpc) is 2.56. The highest BCUT2D eigenvalue weighted by Crippen LogP contribution is 2.63. The van der Waals surface area contributed by atoms with Gasteiger partial charge >= 0.3 is 0 Å². The molecule has 0 atom stereocenters. The van der Waals surface area contributed by atoms with E-state index in [-0.39, 0.29) is 0 Å². The quantitative estimate of drug-likeness (QED) is 0.543. The third-order valence-electron chi connectivity index (χ3n) is 4.44. The Balaban J connectivity index is 2.18. The van der Waals surface area contributed by atoms with E-state index in [1.165, 1.54) is 41.3 Å². The number of hydrogen-bond donors (Lipinski definition) is 0. The van der Waals surface area contributed by atoms with Crippen molar-refractivity contribution >= 4 is 13.3 Å². The molecule has 0 saturated heterocycles. The van der Waals surface area contributed by atoms with Gasteiger partial charge in [-0.05, 0) is 30.5 Å². The van der Waals surface area contributed by atoms with Crippen LogP contribution in [-0.2, 0) is 12.3 Å². The summed E-state index contributed by atoms with van der Waals surface area (Å²) in [5.74, 6) is 0. The molecule has 0 N–H and O–H groups in total. The van der Waals surface area contributed by atoms with Gasteiger partial charge in [-0.25, -0.2) is 0 Å². The van der Waals surface area contributed by atoms with E-state index in [4.69, 9.17) is 0 Å². The van der Waals surface area contributed by atoms with Gasteiger partial charge in [-0.1, -0.05) is 67.3 Å². The summed E-state index contributed by atoms with van der Waals surface area (Å²) < 4.78 is 0. The first-order valence-corrected chi connectivity index (χ1v) is 10.3. The molecule has 0 aliphatic heterocycles. The topological polar surface area (TPSA) is 0 Å². The molecule has 110 valence electrons. The predicted molar refractivity (Wildman–Crippen MR) is 98.4 cm³/mol. The summed E-state index contributed by atoms with van der Waals surface area (Å²) in [5, 5.41) is 0. The zero-order chi connectivity index (χ0) is 15.1. The molecule has 0 nitrogen and oxygen atoms in total. The monoisotopic (exact) mass is 297 g/mol. The molecule has 0 bridgehead atoms. The molecule has 0 aliphatic rings. The van der Waals surface area contributed by atoms with E-state index in [9.17, 15) is 0 Å². The molecule has 0 heterocycles. The second-order valence-electron chi connectivity index (χ2n) is 5.72. The second kappa shape index (κ2) is 7.57. The van der Waals surface area contributed by atoms with Crippen LogP contribution in [-0.4, -0.2) is 12.3 Å². The van der Waals surface area contributed by atoms with Crippen LogP contribution in [0.25, 0.3) is 6.08 Å². The van der Waals surface area contributed by atoms with Gasteiger partial charge in [0.1, 0.15) is 0 Å². The van der Waals surface area contributed by atoms with E-state index in [0.29, 0.717) is 0 Å². The molecule has 2 aromatic rings. The summed E-state index contributed by atoms with van der Waals surface area (Å²) in [6, 6.07) is 19.9. The predicted octanol–water partition coefficient (Wildman–Crippen LogP) is 6.09. The van der Waals surface area contributed by atoms with Gasteiger partial charge in [0, 0.05) is 7.26 Å². The zero-order valence-electron chi connectivity index (χ0n) is 13.3. The normalized spacial score (nSPS) is 11.3. The van der Waals surface area contributed by atoms with Crippen LogP contribution in [0.5, 0.6) is 0 Å². The largest absolute Gasteiger partial charge is 0.0985 e. The summed E-state index contributed by atoms with van der Waals surface area (Å²) in [6.45, 7) is 8.58. The highest BCUT2D eigenvalue weighted by atomic mass is 31.2. The molecule has 2 aromatic carbocycles. The molecule has 0 unspecified atom stereocenters. The van der Waals surface area contributed by atoms with Gasteiger partial charge in [0.25, 0.3) is 0 Å². The number of rotatable bonds is 7. The van der Waals surface area contributed by atoms with Crippen molar-refractivity contribution in [2.24, 2.45) is 0 Å². The second-order valence-corrected chi connectivity index (χ2v) is 10.3. The average molecular weight is 297 g/mol. The summed E-state index contributed by atoms with van der Waals surface area (Å²) in [6.07, 6.45) is 7.08.